The third-order valence-corrected chi connectivity index (χ3v) is 2.32. The normalized spacial score (nSPS) is 9.80. The van der Waals surface area contributed by atoms with E-state index in [0.29, 0.717) is 12.5 Å². The predicted octanol–water partition coefficient (Wildman–Crippen LogP) is 3.19. The number of rotatable bonds is 4. The van der Waals surface area contributed by atoms with Gasteiger partial charge in [0.2, 0.25) is 6.08 Å². The van der Waals surface area contributed by atoms with Gasteiger partial charge in [0.1, 0.15) is 0 Å². The summed E-state index contributed by atoms with van der Waals surface area (Å²) in [6.07, 6.45) is 1.54. The molecule has 0 aromatic heterocycles. The molecule has 0 aliphatic carbocycles. The van der Waals surface area contributed by atoms with E-state index in [4.69, 9.17) is 0 Å². The molecule has 0 N–H and O–H groups in total. The first-order chi connectivity index (χ1) is 7.15. The smallest absolute Gasteiger partial charge is 0.211 e. The van der Waals surface area contributed by atoms with Crippen LogP contribution in [0.15, 0.2) is 35.8 Å². The van der Waals surface area contributed by atoms with Crippen LogP contribution in [0.2, 0.25) is 0 Å². The minimum Gasteiger partial charge on any atom is -0.211 e. The van der Waals surface area contributed by atoms with Gasteiger partial charge < -0.3 is 0 Å². The molecular weight excluding hydrogens is 186 g/mol. The molecule has 0 radical (unpaired) electrons. The Morgan fingerprint density at radius 3 is 2.87 bits per heavy atom. The van der Waals surface area contributed by atoms with Crippen molar-refractivity contribution >= 4 is 11.7 Å². The van der Waals surface area contributed by atoms with E-state index < -0.39 is 0 Å². The van der Waals surface area contributed by atoms with Crippen molar-refractivity contribution in [3.05, 3.63) is 42.0 Å². The van der Waals surface area contributed by atoms with Gasteiger partial charge in [-0.25, -0.2) is 9.79 Å². The van der Waals surface area contributed by atoms with E-state index in [9.17, 15) is 4.79 Å². The minimum absolute atomic E-state index is 0.392. The lowest BCUT2D eigenvalue weighted by molar-refractivity contribution is 0.563. The third kappa shape index (κ3) is 3.19. The van der Waals surface area contributed by atoms with Crippen molar-refractivity contribution in [2.45, 2.75) is 20.4 Å². The zero-order chi connectivity index (χ0) is 11.3. The van der Waals surface area contributed by atoms with Crippen LogP contribution in [-0.4, -0.2) is 6.08 Å². The van der Waals surface area contributed by atoms with Gasteiger partial charge in [-0.2, -0.15) is 0 Å². The highest BCUT2D eigenvalue weighted by molar-refractivity contribution is 5.65. The van der Waals surface area contributed by atoms with Gasteiger partial charge in [0.25, 0.3) is 0 Å². The molecule has 0 aliphatic heterocycles. The molecule has 0 heterocycles. The second-order valence-electron chi connectivity index (χ2n) is 3.79. The van der Waals surface area contributed by atoms with Crippen molar-refractivity contribution in [3.63, 3.8) is 0 Å². The molecule has 0 atom stereocenters. The lowest BCUT2D eigenvalue weighted by Crippen LogP contribution is -1.93. The van der Waals surface area contributed by atoms with Crippen LogP contribution in [0.4, 0.5) is 0 Å². The highest BCUT2D eigenvalue weighted by atomic mass is 16.1. The van der Waals surface area contributed by atoms with E-state index in [1.165, 1.54) is 0 Å². The van der Waals surface area contributed by atoms with Gasteiger partial charge in [-0.1, -0.05) is 38.6 Å². The molecule has 0 bridgehead atoms. The second-order valence-corrected chi connectivity index (χ2v) is 3.79. The molecule has 0 fully saturated rings. The molecule has 15 heavy (non-hydrogen) atoms. The molecule has 2 heteroatoms. The lowest BCUT2D eigenvalue weighted by Gasteiger charge is -2.10. The van der Waals surface area contributed by atoms with Crippen LogP contribution < -0.4 is 0 Å². The number of carbonyl (C=O) groups excluding carboxylic acids is 1. The van der Waals surface area contributed by atoms with Crippen molar-refractivity contribution in [3.8, 4) is 0 Å². The molecule has 2 nitrogen and oxygen atoms in total. The highest BCUT2D eigenvalue weighted by Crippen LogP contribution is 2.21. The summed E-state index contributed by atoms with van der Waals surface area (Å²) < 4.78 is 0. The van der Waals surface area contributed by atoms with E-state index in [0.717, 1.165) is 16.7 Å². The van der Waals surface area contributed by atoms with Crippen LogP contribution in [0, 0.1) is 5.92 Å². The maximum atomic E-state index is 10.00. The standard InChI is InChI=1S/C13H15NO/c1-10(2)11(3)13-6-4-5-12(7-13)8-14-9-15/h4-7,10H,3,8H2,1-2H3. The molecular formula is C13H15NO. The Morgan fingerprint density at radius 2 is 2.27 bits per heavy atom. The van der Waals surface area contributed by atoms with Crippen LogP contribution in [-0.2, 0) is 11.3 Å². The maximum Gasteiger partial charge on any atom is 0.235 e. The summed E-state index contributed by atoms with van der Waals surface area (Å²) in [5.41, 5.74) is 3.23. The molecule has 0 saturated carbocycles. The van der Waals surface area contributed by atoms with Crippen LogP contribution in [0.25, 0.3) is 5.57 Å². The van der Waals surface area contributed by atoms with E-state index in [1.807, 2.05) is 24.3 Å². The van der Waals surface area contributed by atoms with Crippen molar-refractivity contribution < 1.29 is 4.79 Å². The first kappa shape index (κ1) is 11.4. The number of allylic oxidation sites excluding steroid dienone is 1. The van der Waals surface area contributed by atoms with E-state index in [2.05, 4.69) is 25.4 Å². The van der Waals surface area contributed by atoms with Crippen molar-refractivity contribution in [2.75, 3.05) is 0 Å². The molecule has 0 saturated heterocycles. The van der Waals surface area contributed by atoms with Crippen molar-refractivity contribution in [1.29, 1.82) is 0 Å². The average Bonchev–Trinajstić information content (AvgIpc) is 2.25. The van der Waals surface area contributed by atoms with Gasteiger partial charge >= 0.3 is 0 Å². The van der Waals surface area contributed by atoms with Gasteiger partial charge in [-0.05, 0) is 28.7 Å². The Hall–Kier alpha value is -1.66. The summed E-state index contributed by atoms with van der Waals surface area (Å²) in [6.45, 7) is 8.65. The fraction of sp³-hybridized carbons (Fsp3) is 0.308. The molecule has 1 aromatic rings. The SMILES string of the molecule is C=C(c1cccc(CN=C=O)c1)C(C)C. The van der Waals surface area contributed by atoms with E-state index in [1.54, 1.807) is 6.08 Å². The van der Waals surface area contributed by atoms with Gasteiger partial charge in [0.15, 0.2) is 0 Å². The summed E-state index contributed by atoms with van der Waals surface area (Å²) in [5.74, 6) is 0.426. The average molecular weight is 201 g/mol. The third-order valence-electron chi connectivity index (χ3n) is 2.32. The molecule has 1 rings (SSSR count). The second kappa shape index (κ2) is 5.28. The minimum atomic E-state index is 0.392. The maximum absolute atomic E-state index is 10.00. The van der Waals surface area contributed by atoms with Crippen LogP contribution in [0.3, 0.4) is 0 Å². The summed E-state index contributed by atoms with van der Waals surface area (Å²) in [6, 6.07) is 7.94. The number of nitrogens with zero attached hydrogens (tertiary/aromatic N) is 1. The summed E-state index contributed by atoms with van der Waals surface area (Å²) in [4.78, 5) is 13.5. The first-order valence-corrected chi connectivity index (χ1v) is 4.97. The lowest BCUT2D eigenvalue weighted by atomic mass is 9.96. The molecule has 78 valence electrons. The molecule has 1 aromatic carbocycles. The molecule has 0 unspecified atom stereocenters. The quantitative estimate of drug-likeness (QED) is 0.543. The number of hydrogen-bond acceptors (Lipinski definition) is 2. The summed E-state index contributed by atoms with van der Waals surface area (Å²) in [5, 5.41) is 0. The Labute approximate surface area is 90.4 Å². The van der Waals surface area contributed by atoms with E-state index >= 15 is 0 Å². The number of isocyanates is 1. The Balaban J connectivity index is 2.91. The van der Waals surface area contributed by atoms with Crippen molar-refractivity contribution in [1.82, 2.24) is 0 Å². The fourth-order valence-corrected chi connectivity index (χ4v) is 1.33. The molecule has 0 spiro atoms. The van der Waals surface area contributed by atoms with Gasteiger partial charge in [-0.15, -0.1) is 0 Å². The number of benzene rings is 1. The van der Waals surface area contributed by atoms with Gasteiger partial charge in [-0.3, -0.25) is 0 Å². The number of hydrogen-bond donors (Lipinski definition) is 0. The van der Waals surface area contributed by atoms with Gasteiger partial charge in [0.05, 0.1) is 6.54 Å². The topological polar surface area (TPSA) is 29.4 Å². The van der Waals surface area contributed by atoms with Crippen LogP contribution in [0.5, 0.6) is 0 Å². The Morgan fingerprint density at radius 1 is 1.53 bits per heavy atom. The first-order valence-electron chi connectivity index (χ1n) is 4.97. The van der Waals surface area contributed by atoms with E-state index in [-0.39, 0.29) is 0 Å². The monoisotopic (exact) mass is 201 g/mol. The van der Waals surface area contributed by atoms with Crippen LogP contribution in [0.1, 0.15) is 25.0 Å². The Kier molecular flexibility index (Phi) is 4.02. The van der Waals surface area contributed by atoms with Gasteiger partial charge in [0, 0.05) is 0 Å². The number of aliphatic imine (C=N–C) groups is 1. The largest absolute Gasteiger partial charge is 0.235 e. The highest BCUT2D eigenvalue weighted by Gasteiger charge is 2.03. The molecule has 0 amide bonds. The Bertz CT molecular complexity index is 401. The zero-order valence-electron chi connectivity index (χ0n) is 9.16. The zero-order valence-corrected chi connectivity index (χ0v) is 9.16. The predicted molar refractivity (Wildman–Crippen MR) is 62.1 cm³/mol. The summed E-state index contributed by atoms with van der Waals surface area (Å²) >= 11 is 0. The van der Waals surface area contributed by atoms with Crippen molar-refractivity contribution in [2.24, 2.45) is 10.9 Å². The van der Waals surface area contributed by atoms with Crippen LogP contribution >= 0.6 is 0 Å². The molecule has 0 aliphatic rings. The fourth-order valence-electron chi connectivity index (χ4n) is 1.33. The summed E-state index contributed by atoms with van der Waals surface area (Å²) in [7, 11) is 0.